The van der Waals surface area contributed by atoms with E-state index in [0.29, 0.717) is 6.42 Å². The molecule has 0 N–H and O–H groups in total. The molecule has 0 spiro atoms. The Bertz CT molecular complexity index is 573. The summed E-state index contributed by atoms with van der Waals surface area (Å²) in [6, 6.07) is 15.2. The van der Waals surface area contributed by atoms with Crippen molar-refractivity contribution >= 4 is 28.4 Å². The fraction of sp³-hybridized carbons (Fsp3) is 0.0625. The average molecular weight is 348 g/mol. The first-order chi connectivity index (χ1) is 8.74. The summed E-state index contributed by atoms with van der Waals surface area (Å²) >= 11 is 2.26. The van der Waals surface area contributed by atoms with E-state index in [1.807, 2.05) is 54.6 Å². The SMILES string of the molecule is C=CCc1c(I)cccc1C(=O)c1ccccc1. The van der Waals surface area contributed by atoms with E-state index in [1.54, 1.807) is 0 Å². The van der Waals surface area contributed by atoms with Crippen LogP contribution in [0.1, 0.15) is 21.5 Å². The highest BCUT2D eigenvalue weighted by molar-refractivity contribution is 14.1. The fourth-order valence-electron chi connectivity index (χ4n) is 1.87. The van der Waals surface area contributed by atoms with E-state index in [0.717, 1.165) is 20.3 Å². The monoisotopic (exact) mass is 348 g/mol. The highest BCUT2D eigenvalue weighted by atomic mass is 127. The van der Waals surface area contributed by atoms with Crippen LogP contribution in [0.4, 0.5) is 0 Å². The Kier molecular flexibility index (Phi) is 4.31. The van der Waals surface area contributed by atoms with E-state index >= 15 is 0 Å². The fourth-order valence-corrected chi connectivity index (χ4v) is 2.59. The zero-order valence-electron chi connectivity index (χ0n) is 9.90. The van der Waals surface area contributed by atoms with Gasteiger partial charge in [-0.15, -0.1) is 6.58 Å². The quantitative estimate of drug-likeness (QED) is 0.459. The molecule has 1 nitrogen and oxygen atoms in total. The van der Waals surface area contributed by atoms with Crippen molar-refractivity contribution in [1.29, 1.82) is 0 Å². The Balaban J connectivity index is 2.48. The second-order valence-corrected chi connectivity index (χ2v) is 5.12. The highest BCUT2D eigenvalue weighted by Crippen LogP contribution is 2.21. The first kappa shape index (κ1) is 13.0. The van der Waals surface area contributed by atoms with Crippen molar-refractivity contribution in [2.45, 2.75) is 6.42 Å². The third kappa shape index (κ3) is 2.70. The molecule has 0 aliphatic carbocycles. The van der Waals surface area contributed by atoms with E-state index in [1.165, 1.54) is 0 Å². The van der Waals surface area contributed by atoms with Crippen molar-refractivity contribution < 1.29 is 4.79 Å². The molecule has 0 aliphatic heterocycles. The number of allylic oxidation sites excluding steroid dienone is 1. The number of ketones is 1. The topological polar surface area (TPSA) is 17.1 Å². The van der Waals surface area contributed by atoms with Crippen LogP contribution in [0.5, 0.6) is 0 Å². The maximum absolute atomic E-state index is 12.5. The zero-order valence-corrected chi connectivity index (χ0v) is 12.1. The van der Waals surface area contributed by atoms with Gasteiger partial charge >= 0.3 is 0 Å². The molecule has 0 unspecified atom stereocenters. The lowest BCUT2D eigenvalue weighted by Crippen LogP contribution is -2.06. The number of hydrogen-bond acceptors (Lipinski definition) is 1. The summed E-state index contributed by atoms with van der Waals surface area (Å²) in [5.74, 6) is 0.0750. The van der Waals surface area contributed by atoms with E-state index in [9.17, 15) is 4.79 Å². The second-order valence-electron chi connectivity index (χ2n) is 3.95. The largest absolute Gasteiger partial charge is 0.289 e. The molecule has 0 fully saturated rings. The summed E-state index contributed by atoms with van der Waals surface area (Å²) in [5.41, 5.74) is 2.56. The smallest absolute Gasteiger partial charge is 0.193 e. The average Bonchev–Trinajstić information content (AvgIpc) is 2.41. The van der Waals surface area contributed by atoms with Gasteiger partial charge in [0.1, 0.15) is 0 Å². The lowest BCUT2D eigenvalue weighted by molar-refractivity contribution is 0.103. The van der Waals surface area contributed by atoms with E-state index in [2.05, 4.69) is 29.2 Å². The first-order valence-corrected chi connectivity index (χ1v) is 6.80. The summed E-state index contributed by atoms with van der Waals surface area (Å²) < 4.78 is 1.11. The van der Waals surface area contributed by atoms with Crippen LogP contribution in [0.2, 0.25) is 0 Å². The van der Waals surface area contributed by atoms with Gasteiger partial charge in [0.15, 0.2) is 5.78 Å². The van der Waals surface area contributed by atoms with Crippen molar-refractivity contribution in [3.8, 4) is 0 Å². The normalized spacial score (nSPS) is 10.1. The van der Waals surface area contributed by atoms with Gasteiger partial charge in [-0.1, -0.05) is 48.5 Å². The van der Waals surface area contributed by atoms with Gasteiger partial charge in [-0.3, -0.25) is 4.79 Å². The molecule has 18 heavy (non-hydrogen) atoms. The molecule has 2 heteroatoms. The molecular weight excluding hydrogens is 335 g/mol. The molecule has 0 saturated heterocycles. The minimum absolute atomic E-state index is 0.0750. The summed E-state index contributed by atoms with van der Waals surface area (Å²) in [6.45, 7) is 3.76. The predicted molar refractivity (Wildman–Crippen MR) is 82.9 cm³/mol. The van der Waals surface area contributed by atoms with Crippen LogP contribution >= 0.6 is 22.6 Å². The van der Waals surface area contributed by atoms with Crippen LogP contribution in [0.3, 0.4) is 0 Å². The van der Waals surface area contributed by atoms with Crippen LogP contribution in [0.25, 0.3) is 0 Å². The van der Waals surface area contributed by atoms with Crippen LogP contribution < -0.4 is 0 Å². The molecule has 0 aliphatic rings. The summed E-state index contributed by atoms with van der Waals surface area (Å²) in [4.78, 5) is 12.5. The van der Waals surface area contributed by atoms with Gasteiger partial charge in [-0.05, 0) is 40.6 Å². The molecule has 0 radical (unpaired) electrons. The molecular formula is C16H13IO. The summed E-state index contributed by atoms with van der Waals surface area (Å²) in [6.07, 6.45) is 2.55. The minimum atomic E-state index is 0.0750. The summed E-state index contributed by atoms with van der Waals surface area (Å²) in [5, 5.41) is 0. The Labute approximate surface area is 121 Å². The van der Waals surface area contributed by atoms with Gasteiger partial charge in [0.2, 0.25) is 0 Å². The molecule has 0 bridgehead atoms. The van der Waals surface area contributed by atoms with Gasteiger partial charge in [0.05, 0.1) is 0 Å². The van der Waals surface area contributed by atoms with E-state index < -0.39 is 0 Å². The number of carbonyl (C=O) groups is 1. The van der Waals surface area contributed by atoms with Crippen LogP contribution in [-0.4, -0.2) is 5.78 Å². The van der Waals surface area contributed by atoms with Gasteiger partial charge in [0.25, 0.3) is 0 Å². The van der Waals surface area contributed by atoms with Crippen LogP contribution in [0.15, 0.2) is 61.2 Å². The second kappa shape index (κ2) is 5.96. The number of benzene rings is 2. The Morgan fingerprint density at radius 3 is 2.50 bits per heavy atom. The van der Waals surface area contributed by atoms with Crippen molar-refractivity contribution in [2.75, 3.05) is 0 Å². The summed E-state index contributed by atoms with van der Waals surface area (Å²) in [7, 11) is 0. The zero-order chi connectivity index (χ0) is 13.0. The third-order valence-electron chi connectivity index (χ3n) is 2.75. The Morgan fingerprint density at radius 1 is 1.11 bits per heavy atom. The predicted octanol–water partition coefficient (Wildman–Crippen LogP) is 4.25. The van der Waals surface area contributed by atoms with Crippen molar-refractivity contribution in [2.24, 2.45) is 0 Å². The van der Waals surface area contributed by atoms with Crippen molar-refractivity contribution in [1.82, 2.24) is 0 Å². The highest BCUT2D eigenvalue weighted by Gasteiger charge is 2.14. The van der Waals surface area contributed by atoms with Gasteiger partial charge in [-0.2, -0.15) is 0 Å². The minimum Gasteiger partial charge on any atom is -0.289 e. The third-order valence-corrected chi connectivity index (χ3v) is 3.76. The van der Waals surface area contributed by atoms with Gasteiger partial charge < -0.3 is 0 Å². The van der Waals surface area contributed by atoms with Crippen molar-refractivity contribution in [3.05, 3.63) is 81.4 Å². The maximum Gasteiger partial charge on any atom is 0.193 e. The van der Waals surface area contributed by atoms with Gasteiger partial charge in [0, 0.05) is 14.7 Å². The lowest BCUT2D eigenvalue weighted by atomic mass is 9.97. The first-order valence-electron chi connectivity index (χ1n) is 5.72. The molecule has 90 valence electrons. The number of rotatable bonds is 4. The number of hydrogen-bond donors (Lipinski definition) is 0. The van der Waals surface area contributed by atoms with Crippen LogP contribution in [-0.2, 0) is 6.42 Å². The number of halogens is 1. The van der Waals surface area contributed by atoms with E-state index in [4.69, 9.17) is 0 Å². The Hall–Kier alpha value is -1.42. The Morgan fingerprint density at radius 2 is 1.83 bits per heavy atom. The molecule has 0 heterocycles. The molecule has 2 aromatic carbocycles. The molecule has 0 aromatic heterocycles. The molecule has 0 atom stereocenters. The maximum atomic E-state index is 12.5. The molecule has 0 amide bonds. The van der Waals surface area contributed by atoms with Crippen molar-refractivity contribution in [3.63, 3.8) is 0 Å². The van der Waals surface area contributed by atoms with E-state index in [-0.39, 0.29) is 5.78 Å². The molecule has 0 saturated carbocycles. The van der Waals surface area contributed by atoms with Crippen LogP contribution in [0, 0.1) is 3.57 Å². The number of carbonyl (C=O) groups excluding carboxylic acids is 1. The molecule has 2 aromatic rings. The lowest BCUT2D eigenvalue weighted by Gasteiger charge is -2.09. The molecule has 2 rings (SSSR count). The van der Waals surface area contributed by atoms with Gasteiger partial charge in [-0.25, -0.2) is 0 Å². The standard InChI is InChI=1S/C16H13IO/c1-2-7-13-14(10-6-11-15(13)17)16(18)12-8-4-3-5-9-12/h2-6,8-11H,1,7H2.